The maximum absolute atomic E-state index is 11.8. The molecule has 0 aliphatic heterocycles. The number of thiophene rings is 1. The van der Waals surface area contributed by atoms with Crippen LogP contribution < -0.4 is 10.6 Å². The van der Waals surface area contributed by atoms with Gasteiger partial charge in [0.2, 0.25) is 0 Å². The number of imide groups is 1. The van der Waals surface area contributed by atoms with E-state index in [0.717, 1.165) is 24.1 Å². The maximum Gasteiger partial charge on any atom is 0.348 e. The van der Waals surface area contributed by atoms with Crippen molar-refractivity contribution in [3.8, 4) is 0 Å². The van der Waals surface area contributed by atoms with Gasteiger partial charge in [-0.1, -0.05) is 19.8 Å². The summed E-state index contributed by atoms with van der Waals surface area (Å²) in [4.78, 5) is 36.6. The lowest BCUT2D eigenvalue weighted by Gasteiger charge is -2.29. The van der Waals surface area contributed by atoms with Crippen LogP contribution in [0.1, 0.15) is 47.2 Å². The standard InChI is InChI=1S/C16H22N2O4S/c1-10-5-3-4-6-12(10)17-16(21)18-14(19)9-22-15(20)13-8-7-11(2)23-13/h7-8,10,12H,3-6,9H2,1-2H3,(H2,17,18,19,21)/t10-,12-/m0/s1. The number of urea groups is 1. The third-order valence-corrected chi connectivity index (χ3v) is 4.94. The van der Waals surface area contributed by atoms with E-state index in [1.165, 1.54) is 17.8 Å². The second kappa shape index (κ2) is 8.10. The number of nitrogens with one attached hydrogen (secondary N) is 2. The molecule has 6 nitrogen and oxygen atoms in total. The molecule has 1 aliphatic carbocycles. The highest BCUT2D eigenvalue weighted by atomic mass is 32.1. The molecule has 0 aromatic carbocycles. The van der Waals surface area contributed by atoms with E-state index in [0.29, 0.717) is 10.8 Å². The van der Waals surface area contributed by atoms with E-state index in [4.69, 9.17) is 4.74 Å². The lowest BCUT2D eigenvalue weighted by atomic mass is 9.86. The molecule has 0 radical (unpaired) electrons. The third-order valence-electron chi connectivity index (χ3n) is 3.96. The molecule has 2 atom stereocenters. The normalized spacial score (nSPS) is 20.6. The first-order valence-corrected chi connectivity index (χ1v) is 8.61. The SMILES string of the molecule is Cc1ccc(C(=O)OCC(=O)NC(=O)N[C@H]2CCCC[C@@H]2C)s1. The topological polar surface area (TPSA) is 84.5 Å². The van der Waals surface area contributed by atoms with Crippen LogP contribution >= 0.6 is 11.3 Å². The average Bonchev–Trinajstić information content (AvgIpc) is 2.94. The monoisotopic (exact) mass is 338 g/mol. The molecule has 1 heterocycles. The van der Waals surface area contributed by atoms with Crippen LogP contribution in [-0.2, 0) is 9.53 Å². The van der Waals surface area contributed by atoms with Crippen molar-refractivity contribution in [1.29, 1.82) is 0 Å². The van der Waals surface area contributed by atoms with E-state index in [-0.39, 0.29) is 6.04 Å². The number of carbonyl (C=O) groups is 3. The van der Waals surface area contributed by atoms with Crippen LogP contribution in [0.3, 0.4) is 0 Å². The van der Waals surface area contributed by atoms with Crippen molar-refractivity contribution in [3.63, 3.8) is 0 Å². The van der Waals surface area contributed by atoms with Gasteiger partial charge in [-0.15, -0.1) is 11.3 Å². The van der Waals surface area contributed by atoms with Crippen LogP contribution in [0, 0.1) is 12.8 Å². The fraction of sp³-hybridized carbons (Fsp3) is 0.562. The molecular formula is C16H22N2O4S. The smallest absolute Gasteiger partial charge is 0.348 e. The largest absolute Gasteiger partial charge is 0.451 e. The Morgan fingerprint density at radius 3 is 2.65 bits per heavy atom. The van der Waals surface area contributed by atoms with E-state index < -0.39 is 24.5 Å². The first-order chi connectivity index (χ1) is 11.0. The van der Waals surface area contributed by atoms with Gasteiger partial charge >= 0.3 is 12.0 Å². The van der Waals surface area contributed by atoms with Crippen molar-refractivity contribution in [2.24, 2.45) is 5.92 Å². The molecule has 0 saturated heterocycles. The summed E-state index contributed by atoms with van der Waals surface area (Å²) in [5.74, 6) is -0.781. The van der Waals surface area contributed by atoms with E-state index in [2.05, 4.69) is 17.6 Å². The number of ether oxygens (including phenoxy) is 1. The minimum Gasteiger partial charge on any atom is -0.451 e. The lowest BCUT2D eigenvalue weighted by molar-refractivity contribution is -0.123. The first kappa shape index (κ1) is 17.5. The average molecular weight is 338 g/mol. The second-order valence-electron chi connectivity index (χ2n) is 5.88. The van der Waals surface area contributed by atoms with E-state index in [1.807, 2.05) is 6.92 Å². The van der Waals surface area contributed by atoms with Crippen LogP contribution in [0.2, 0.25) is 0 Å². The zero-order valence-corrected chi connectivity index (χ0v) is 14.2. The Kier molecular flexibility index (Phi) is 6.15. The molecule has 0 spiro atoms. The van der Waals surface area contributed by atoms with Gasteiger partial charge < -0.3 is 10.1 Å². The Morgan fingerprint density at radius 1 is 1.26 bits per heavy atom. The molecule has 1 aliphatic rings. The Balaban J connectivity index is 1.71. The Labute approximate surface area is 139 Å². The molecular weight excluding hydrogens is 316 g/mol. The van der Waals surface area contributed by atoms with E-state index in [9.17, 15) is 14.4 Å². The highest BCUT2D eigenvalue weighted by Crippen LogP contribution is 2.23. The summed E-state index contributed by atoms with van der Waals surface area (Å²) in [5, 5.41) is 5.01. The number of aryl methyl sites for hydroxylation is 1. The molecule has 23 heavy (non-hydrogen) atoms. The quantitative estimate of drug-likeness (QED) is 0.827. The second-order valence-corrected chi connectivity index (χ2v) is 7.16. The summed E-state index contributed by atoms with van der Waals surface area (Å²) < 4.78 is 4.89. The van der Waals surface area contributed by atoms with Crippen LogP contribution in [-0.4, -0.2) is 30.6 Å². The summed E-state index contributed by atoms with van der Waals surface area (Å²) >= 11 is 1.30. The number of esters is 1. The number of hydrogen-bond donors (Lipinski definition) is 2. The molecule has 3 amide bonds. The van der Waals surface area contributed by atoms with Gasteiger partial charge in [0, 0.05) is 10.9 Å². The highest BCUT2D eigenvalue weighted by Gasteiger charge is 2.23. The number of rotatable bonds is 4. The molecule has 2 rings (SSSR count). The van der Waals surface area contributed by atoms with Gasteiger partial charge in [0.05, 0.1) is 0 Å². The minimum atomic E-state index is -0.632. The Bertz CT molecular complexity index is 584. The van der Waals surface area contributed by atoms with Gasteiger partial charge in [-0.25, -0.2) is 9.59 Å². The van der Waals surface area contributed by atoms with Gasteiger partial charge in [-0.05, 0) is 37.8 Å². The summed E-state index contributed by atoms with van der Waals surface area (Å²) in [6.45, 7) is 3.50. The molecule has 7 heteroatoms. The fourth-order valence-corrected chi connectivity index (χ4v) is 3.41. The van der Waals surface area contributed by atoms with Gasteiger partial charge in [0.25, 0.3) is 5.91 Å². The third kappa shape index (κ3) is 5.35. The van der Waals surface area contributed by atoms with Gasteiger partial charge in [0.1, 0.15) is 4.88 Å². The molecule has 1 aromatic heterocycles. The van der Waals surface area contributed by atoms with E-state index >= 15 is 0 Å². The summed E-state index contributed by atoms with van der Waals surface area (Å²) in [6.07, 6.45) is 4.27. The fourth-order valence-electron chi connectivity index (χ4n) is 2.64. The number of carbonyl (C=O) groups excluding carboxylic acids is 3. The molecule has 126 valence electrons. The lowest BCUT2D eigenvalue weighted by Crippen LogP contribution is -2.48. The first-order valence-electron chi connectivity index (χ1n) is 7.79. The molecule has 1 fully saturated rings. The predicted octanol–water partition coefficient (Wildman–Crippen LogP) is 2.62. The zero-order valence-electron chi connectivity index (χ0n) is 13.4. The van der Waals surface area contributed by atoms with Crippen LogP contribution in [0.4, 0.5) is 4.79 Å². The summed E-state index contributed by atoms with van der Waals surface area (Å²) in [6, 6.07) is 3.02. The van der Waals surface area contributed by atoms with E-state index in [1.54, 1.807) is 12.1 Å². The van der Waals surface area contributed by atoms with Crippen LogP contribution in [0.25, 0.3) is 0 Å². The van der Waals surface area contributed by atoms with Crippen molar-refractivity contribution < 1.29 is 19.1 Å². The molecule has 0 bridgehead atoms. The van der Waals surface area contributed by atoms with Crippen LogP contribution in [0.15, 0.2) is 12.1 Å². The molecule has 2 N–H and O–H groups in total. The number of amides is 3. The predicted molar refractivity (Wildman–Crippen MR) is 87.4 cm³/mol. The molecule has 0 unspecified atom stereocenters. The summed E-state index contributed by atoms with van der Waals surface area (Å²) in [7, 11) is 0. The Hall–Kier alpha value is -1.89. The van der Waals surface area contributed by atoms with Crippen molar-refractivity contribution in [1.82, 2.24) is 10.6 Å². The molecule has 1 saturated carbocycles. The zero-order chi connectivity index (χ0) is 16.8. The highest BCUT2D eigenvalue weighted by molar-refractivity contribution is 7.13. The minimum absolute atomic E-state index is 0.0909. The van der Waals surface area contributed by atoms with Crippen LogP contribution in [0.5, 0.6) is 0 Å². The molecule has 1 aromatic rings. The van der Waals surface area contributed by atoms with Crippen molar-refractivity contribution in [2.45, 2.75) is 45.6 Å². The van der Waals surface area contributed by atoms with Gasteiger partial charge in [-0.3, -0.25) is 10.1 Å². The van der Waals surface area contributed by atoms with Crippen molar-refractivity contribution >= 4 is 29.2 Å². The van der Waals surface area contributed by atoms with Gasteiger partial charge in [-0.2, -0.15) is 0 Å². The summed E-state index contributed by atoms with van der Waals surface area (Å²) in [5.41, 5.74) is 0. The van der Waals surface area contributed by atoms with Crippen molar-refractivity contribution in [3.05, 3.63) is 21.9 Å². The van der Waals surface area contributed by atoms with Gasteiger partial charge in [0.15, 0.2) is 6.61 Å². The maximum atomic E-state index is 11.8. The number of hydrogen-bond acceptors (Lipinski definition) is 5. The van der Waals surface area contributed by atoms with Crippen molar-refractivity contribution in [2.75, 3.05) is 6.61 Å². The Morgan fingerprint density at radius 2 is 2.00 bits per heavy atom.